The second kappa shape index (κ2) is 7.34. The Hall–Kier alpha value is -1.93. The molecule has 0 radical (unpaired) electrons. The van der Waals surface area contributed by atoms with E-state index in [1.165, 1.54) is 30.0 Å². The Labute approximate surface area is 175 Å². The van der Waals surface area contributed by atoms with Crippen molar-refractivity contribution < 1.29 is 14.6 Å². The number of hydrogen-bond acceptors (Lipinski definition) is 5. The Bertz CT molecular complexity index is 916. The maximum absolute atomic E-state index is 13.1. The van der Waals surface area contributed by atoms with Crippen LogP contribution in [0, 0.1) is 23.2 Å². The van der Waals surface area contributed by atoms with E-state index in [-0.39, 0.29) is 24.3 Å². The van der Waals surface area contributed by atoms with Gasteiger partial charge in [0.15, 0.2) is 0 Å². The monoisotopic (exact) mass is 417 g/mol. The zero-order valence-electron chi connectivity index (χ0n) is 17.4. The quantitative estimate of drug-likeness (QED) is 0.664. The van der Waals surface area contributed by atoms with E-state index in [2.05, 4.69) is 10.3 Å². The van der Waals surface area contributed by atoms with Gasteiger partial charge in [0, 0.05) is 30.1 Å². The normalized spacial score (nSPS) is 39.4. The number of H-pyrrole nitrogens is 1. The fraction of sp³-hybridized carbons (Fsp3) is 0.773. The molecule has 4 aliphatic carbocycles. The molecule has 5 fully saturated rings. The molecule has 3 atom stereocenters. The molecule has 3 N–H and O–H groups in total. The lowest BCUT2D eigenvalue weighted by atomic mass is 9.49. The summed E-state index contributed by atoms with van der Waals surface area (Å²) in [6.45, 7) is 2.07. The molecule has 0 spiro atoms. The summed E-state index contributed by atoms with van der Waals surface area (Å²) < 4.78 is 7.26. The van der Waals surface area contributed by atoms with Gasteiger partial charge in [-0.05, 0) is 62.7 Å². The van der Waals surface area contributed by atoms with Crippen molar-refractivity contribution in [3.8, 4) is 0 Å². The van der Waals surface area contributed by atoms with Crippen molar-refractivity contribution in [2.24, 2.45) is 23.2 Å². The van der Waals surface area contributed by atoms with Crippen LogP contribution < -0.4 is 16.6 Å². The minimum absolute atomic E-state index is 0.107. The van der Waals surface area contributed by atoms with Crippen LogP contribution in [0.1, 0.15) is 63.7 Å². The first-order chi connectivity index (χ1) is 14.4. The summed E-state index contributed by atoms with van der Waals surface area (Å²) >= 11 is 0. The van der Waals surface area contributed by atoms with E-state index in [1.807, 2.05) is 6.92 Å². The first kappa shape index (κ1) is 20.0. The summed E-state index contributed by atoms with van der Waals surface area (Å²) in [5.41, 5.74) is -0.681. The van der Waals surface area contributed by atoms with E-state index in [9.17, 15) is 19.5 Å². The van der Waals surface area contributed by atoms with Gasteiger partial charge in [-0.2, -0.15) is 0 Å². The second-order valence-electron chi connectivity index (χ2n) is 10.0. The van der Waals surface area contributed by atoms with Gasteiger partial charge in [0.1, 0.15) is 12.3 Å². The third-order valence-electron chi connectivity index (χ3n) is 7.92. The van der Waals surface area contributed by atoms with E-state index in [4.69, 9.17) is 4.74 Å². The second-order valence-corrected chi connectivity index (χ2v) is 10.0. The Balaban J connectivity index is 1.24. The van der Waals surface area contributed by atoms with E-state index in [1.54, 1.807) is 0 Å². The van der Waals surface area contributed by atoms with Crippen molar-refractivity contribution in [1.29, 1.82) is 0 Å². The van der Waals surface area contributed by atoms with E-state index in [0.29, 0.717) is 29.7 Å². The van der Waals surface area contributed by atoms with Crippen LogP contribution in [0.25, 0.3) is 0 Å². The van der Waals surface area contributed by atoms with Crippen molar-refractivity contribution in [3.05, 3.63) is 32.6 Å². The summed E-state index contributed by atoms with van der Waals surface area (Å²) in [4.78, 5) is 39.5. The molecule has 1 aliphatic heterocycles. The Morgan fingerprint density at radius 3 is 2.43 bits per heavy atom. The topological polar surface area (TPSA) is 113 Å². The number of amides is 1. The van der Waals surface area contributed by atoms with Crippen LogP contribution in [0.15, 0.2) is 15.8 Å². The van der Waals surface area contributed by atoms with Crippen molar-refractivity contribution in [2.75, 3.05) is 6.54 Å². The summed E-state index contributed by atoms with van der Waals surface area (Å²) in [6.07, 6.45) is 7.07. The SMILES string of the molecule is CCc1cn([C@H]2C[C@H](O)[C@@H](CNC(=O)C34CC5CC(CC(C5)C3)C4)O2)c(=O)[nH]c1=O. The zero-order valence-corrected chi connectivity index (χ0v) is 17.4. The number of nitrogens with zero attached hydrogens (tertiary/aromatic N) is 1. The largest absolute Gasteiger partial charge is 0.390 e. The minimum atomic E-state index is -0.782. The number of aromatic nitrogens is 2. The number of rotatable bonds is 5. The smallest absolute Gasteiger partial charge is 0.330 e. The molecule has 30 heavy (non-hydrogen) atoms. The molecular formula is C22H31N3O5. The lowest BCUT2D eigenvalue weighted by Gasteiger charge is -2.55. The van der Waals surface area contributed by atoms with Gasteiger partial charge in [0.05, 0.1) is 6.10 Å². The average Bonchev–Trinajstić information content (AvgIpc) is 3.05. The average molecular weight is 418 g/mol. The van der Waals surface area contributed by atoms with Gasteiger partial charge in [-0.15, -0.1) is 0 Å². The van der Waals surface area contributed by atoms with Crippen molar-refractivity contribution in [2.45, 2.75) is 76.7 Å². The molecule has 1 amide bonds. The van der Waals surface area contributed by atoms with Gasteiger partial charge in [-0.1, -0.05) is 6.92 Å². The molecule has 4 saturated carbocycles. The first-order valence-electron chi connectivity index (χ1n) is 11.3. The highest BCUT2D eigenvalue weighted by Crippen LogP contribution is 2.60. The Morgan fingerprint density at radius 1 is 1.20 bits per heavy atom. The van der Waals surface area contributed by atoms with Gasteiger partial charge in [-0.25, -0.2) is 4.79 Å². The van der Waals surface area contributed by atoms with Crippen molar-refractivity contribution >= 4 is 5.91 Å². The van der Waals surface area contributed by atoms with Crippen molar-refractivity contribution in [1.82, 2.24) is 14.9 Å². The lowest BCUT2D eigenvalue weighted by Crippen LogP contribution is -2.54. The molecule has 8 heteroatoms. The minimum Gasteiger partial charge on any atom is -0.390 e. The standard InChI is InChI=1S/C22H31N3O5/c1-2-15-11-25(21(29)24-19(15)27)18-6-16(26)17(30-18)10-23-20(28)22-7-12-3-13(8-22)5-14(4-12)9-22/h11-14,16-18,26H,2-10H2,1H3,(H,23,28)(H,24,27,29)/t12?,13?,14?,16-,17+,18+,22?/m0/s1. The van der Waals surface area contributed by atoms with Crippen LogP contribution in [-0.4, -0.2) is 39.3 Å². The summed E-state index contributed by atoms with van der Waals surface area (Å²) in [5.74, 6) is 2.19. The molecule has 8 nitrogen and oxygen atoms in total. The maximum atomic E-state index is 13.1. The molecule has 0 aromatic carbocycles. The number of aliphatic hydroxyl groups excluding tert-OH is 1. The van der Waals surface area contributed by atoms with E-state index in [0.717, 1.165) is 19.3 Å². The fourth-order valence-electron chi connectivity index (χ4n) is 6.83. The number of hydrogen-bond donors (Lipinski definition) is 3. The number of aryl methyl sites for hydroxylation is 1. The molecule has 4 bridgehead atoms. The van der Waals surface area contributed by atoms with Crippen LogP contribution in [0.3, 0.4) is 0 Å². The van der Waals surface area contributed by atoms with Crippen LogP contribution in [0.4, 0.5) is 0 Å². The number of ether oxygens (including phenoxy) is 1. The van der Waals surface area contributed by atoms with Crippen LogP contribution in [0.2, 0.25) is 0 Å². The van der Waals surface area contributed by atoms with E-state index < -0.39 is 29.7 Å². The van der Waals surface area contributed by atoms with Gasteiger partial charge < -0.3 is 15.2 Å². The predicted octanol–water partition coefficient (Wildman–Crippen LogP) is 1.08. The van der Waals surface area contributed by atoms with Crippen LogP contribution >= 0.6 is 0 Å². The number of nitrogens with one attached hydrogen (secondary N) is 2. The molecule has 5 aliphatic rings. The highest BCUT2D eigenvalue weighted by atomic mass is 16.5. The number of aliphatic hydroxyl groups is 1. The van der Waals surface area contributed by atoms with Gasteiger partial charge in [-0.3, -0.25) is 19.1 Å². The third-order valence-corrected chi connectivity index (χ3v) is 7.92. The van der Waals surface area contributed by atoms with Crippen LogP contribution in [-0.2, 0) is 16.0 Å². The fourth-order valence-corrected chi connectivity index (χ4v) is 6.83. The molecule has 1 aromatic heterocycles. The first-order valence-corrected chi connectivity index (χ1v) is 11.3. The molecule has 0 unspecified atom stereocenters. The van der Waals surface area contributed by atoms with Gasteiger partial charge in [0.2, 0.25) is 5.91 Å². The molecule has 164 valence electrons. The zero-order chi connectivity index (χ0) is 21.0. The molecule has 6 rings (SSSR count). The number of carbonyl (C=O) groups is 1. The molecule has 1 saturated heterocycles. The Kier molecular flexibility index (Phi) is 4.89. The maximum Gasteiger partial charge on any atom is 0.330 e. The lowest BCUT2D eigenvalue weighted by molar-refractivity contribution is -0.147. The molecule has 1 aromatic rings. The van der Waals surface area contributed by atoms with Gasteiger partial charge >= 0.3 is 5.69 Å². The highest BCUT2D eigenvalue weighted by Gasteiger charge is 2.54. The molecule has 2 heterocycles. The summed E-state index contributed by atoms with van der Waals surface area (Å²) in [5, 5.41) is 13.5. The predicted molar refractivity (Wildman–Crippen MR) is 109 cm³/mol. The number of aromatic amines is 1. The highest BCUT2D eigenvalue weighted by molar-refractivity contribution is 5.83. The van der Waals surface area contributed by atoms with Crippen LogP contribution in [0.5, 0.6) is 0 Å². The third kappa shape index (κ3) is 3.34. The summed E-state index contributed by atoms with van der Waals surface area (Å²) in [7, 11) is 0. The Morgan fingerprint density at radius 2 is 1.83 bits per heavy atom. The number of carbonyl (C=O) groups excluding carboxylic acids is 1. The van der Waals surface area contributed by atoms with E-state index >= 15 is 0 Å². The van der Waals surface area contributed by atoms with Gasteiger partial charge in [0.25, 0.3) is 5.56 Å². The summed E-state index contributed by atoms with van der Waals surface area (Å²) in [6, 6.07) is 0. The van der Waals surface area contributed by atoms with Crippen molar-refractivity contribution in [3.63, 3.8) is 0 Å². The molecular weight excluding hydrogens is 386 g/mol.